The Bertz CT molecular complexity index is 709. The summed E-state index contributed by atoms with van der Waals surface area (Å²) < 4.78 is 11.4. The Morgan fingerprint density at radius 1 is 1.17 bits per heavy atom. The van der Waals surface area contributed by atoms with E-state index in [-0.39, 0.29) is 0 Å². The smallest absolute Gasteiger partial charge is 0.162 e. The van der Waals surface area contributed by atoms with E-state index in [1.165, 1.54) is 5.56 Å². The van der Waals surface area contributed by atoms with E-state index in [2.05, 4.69) is 41.7 Å². The van der Waals surface area contributed by atoms with Crippen molar-refractivity contribution in [3.8, 4) is 17.6 Å². The van der Waals surface area contributed by atoms with Crippen molar-refractivity contribution in [3.05, 3.63) is 59.7 Å². The normalized spacial score (nSPS) is 20.2. The van der Waals surface area contributed by atoms with Gasteiger partial charge in [0, 0.05) is 18.5 Å². The maximum atomic E-state index is 8.99. The zero-order chi connectivity index (χ0) is 16.8. The van der Waals surface area contributed by atoms with Crippen molar-refractivity contribution in [1.29, 1.82) is 5.26 Å². The predicted molar refractivity (Wildman–Crippen MR) is 93.4 cm³/mol. The van der Waals surface area contributed by atoms with Gasteiger partial charge in [-0.3, -0.25) is 0 Å². The van der Waals surface area contributed by atoms with Crippen molar-refractivity contribution in [3.63, 3.8) is 0 Å². The van der Waals surface area contributed by atoms with E-state index in [9.17, 15) is 0 Å². The van der Waals surface area contributed by atoms with E-state index in [4.69, 9.17) is 14.7 Å². The van der Waals surface area contributed by atoms with E-state index in [1.807, 2.05) is 6.07 Å². The molecule has 3 rings (SSSR count). The zero-order valence-electron chi connectivity index (χ0n) is 13.9. The van der Waals surface area contributed by atoms with E-state index in [0.717, 1.165) is 19.5 Å². The highest BCUT2D eigenvalue weighted by Crippen LogP contribution is 2.33. The minimum atomic E-state index is 0.404. The average molecular weight is 322 g/mol. The van der Waals surface area contributed by atoms with Crippen LogP contribution in [-0.4, -0.2) is 26.8 Å². The Hall–Kier alpha value is -2.51. The molecule has 1 fully saturated rings. The molecule has 0 amide bonds. The lowest BCUT2D eigenvalue weighted by molar-refractivity contribution is 0.191. The number of nitriles is 1. The van der Waals surface area contributed by atoms with Crippen LogP contribution in [0.2, 0.25) is 0 Å². The molecule has 0 unspecified atom stereocenters. The Kier molecular flexibility index (Phi) is 5.35. The summed E-state index contributed by atoms with van der Waals surface area (Å²) in [7, 11) is 1.60. The molecule has 0 aromatic heterocycles. The van der Waals surface area contributed by atoms with Crippen molar-refractivity contribution >= 4 is 0 Å². The average Bonchev–Trinajstić information content (AvgIpc) is 2.67. The summed E-state index contributed by atoms with van der Waals surface area (Å²) in [6.07, 6.45) is 1.11. The van der Waals surface area contributed by atoms with Crippen LogP contribution in [-0.2, 0) is 0 Å². The van der Waals surface area contributed by atoms with Gasteiger partial charge < -0.3 is 14.8 Å². The molecular weight excluding hydrogens is 300 g/mol. The highest BCUT2D eigenvalue weighted by molar-refractivity contribution is 5.46. The summed E-state index contributed by atoms with van der Waals surface area (Å²) in [5, 5.41) is 12.5. The Morgan fingerprint density at radius 2 is 2.00 bits per heavy atom. The molecule has 2 atom stereocenters. The van der Waals surface area contributed by atoms with Gasteiger partial charge in [-0.2, -0.15) is 5.26 Å². The second-order valence-corrected chi connectivity index (χ2v) is 6.06. The fraction of sp³-hybridized carbons (Fsp3) is 0.350. The van der Waals surface area contributed by atoms with E-state index in [1.54, 1.807) is 19.2 Å². The molecule has 24 heavy (non-hydrogen) atoms. The largest absolute Gasteiger partial charge is 0.493 e. The first kappa shape index (κ1) is 16.4. The molecule has 1 N–H and O–H groups in total. The van der Waals surface area contributed by atoms with Crippen molar-refractivity contribution in [2.24, 2.45) is 5.92 Å². The number of hydrogen-bond donors (Lipinski definition) is 1. The van der Waals surface area contributed by atoms with Gasteiger partial charge in [-0.25, -0.2) is 0 Å². The second kappa shape index (κ2) is 7.85. The zero-order valence-corrected chi connectivity index (χ0v) is 13.9. The van der Waals surface area contributed by atoms with Crippen LogP contribution in [0.3, 0.4) is 0 Å². The molecule has 0 spiro atoms. The van der Waals surface area contributed by atoms with Crippen molar-refractivity contribution < 1.29 is 9.47 Å². The molecule has 2 aromatic rings. The fourth-order valence-corrected chi connectivity index (χ4v) is 3.29. The molecule has 1 heterocycles. The van der Waals surface area contributed by atoms with E-state index in [0.29, 0.717) is 35.5 Å². The van der Waals surface area contributed by atoms with Crippen molar-refractivity contribution in [2.75, 3.05) is 26.8 Å². The lowest BCUT2D eigenvalue weighted by Crippen LogP contribution is -2.38. The summed E-state index contributed by atoms with van der Waals surface area (Å²) in [6, 6.07) is 18.0. The third-order valence-electron chi connectivity index (χ3n) is 4.58. The molecular formula is C20H22N2O2. The van der Waals surface area contributed by atoms with Gasteiger partial charge in [0.1, 0.15) is 0 Å². The molecule has 1 saturated heterocycles. The predicted octanol–water partition coefficient (Wildman–Crippen LogP) is 3.34. The summed E-state index contributed by atoms with van der Waals surface area (Å²) >= 11 is 0. The maximum Gasteiger partial charge on any atom is 0.162 e. The van der Waals surface area contributed by atoms with Gasteiger partial charge in [-0.15, -0.1) is 0 Å². The van der Waals surface area contributed by atoms with Crippen LogP contribution < -0.4 is 14.8 Å². The second-order valence-electron chi connectivity index (χ2n) is 6.06. The first-order chi connectivity index (χ1) is 11.8. The molecule has 4 nitrogen and oxygen atoms in total. The number of ether oxygens (including phenoxy) is 2. The third kappa shape index (κ3) is 3.69. The van der Waals surface area contributed by atoms with Gasteiger partial charge in [0.15, 0.2) is 11.5 Å². The lowest BCUT2D eigenvalue weighted by atomic mass is 9.81. The van der Waals surface area contributed by atoms with Crippen LogP contribution >= 0.6 is 0 Å². The molecule has 0 radical (unpaired) electrons. The van der Waals surface area contributed by atoms with Crippen LogP contribution in [0.4, 0.5) is 0 Å². The summed E-state index contributed by atoms with van der Waals surface area (Å²) in [5.41, 5.74) is 1.94. The standard InChI is InChI=1S/C20H22N2O2/c1-23-20-11-15(12-21)7-8-19(20)24-14-17-13-22-10-9-18(17)16-5-3-2-4-6-16/h2-8,11,17-18,22H,9-10,13-14H2,1H3/t17-,18-/m0/s1. The molecule has 0 saturated carbocycles. The van der Waals surface area contributed by atoms with Crippen LogP contribution in [0.25, 0.3) is 0 Å². The number of nitrogens with zero attached hydrogens (tertiary/aromatic N) is 1. The molecule has 124 valence electrons. The maximum absolute atomic E-state index is 8.99. The molecule has 0 aliphatic carbocycles. The Labute approximate surface area is 143 Å². The van der Waals surface area contributed by atoms with Gasteiger partial charge in [0.2, 0.25) is 0 Å². The van der Waals surface area contributed by atoms with Crippen LogP contribution in [0.5, 0.6) is 11.5 Å². The number of nitrogens with one attached hydrogen (secondary N) is 1. The Morgan fingerprint density at radius 3 is 2.75 bits per heavy atom. The molecule has 2 aromatic carbocycles. The molecule has 1 aliphatic heterocycles. The highest BCUT2D eigenvalue weighted by atomic mass is 16.5. The summed E-state index contributed by atoms with van der Waals surface area (Å²) in [4.78, 5) is 0. The number of piperidine rings is 1. The van der Waals surface area contributed by atoms with Crippen LogP contribution in [0.1, 0.15) is 23.5 Å². The number of benzene rings is 2. The third-order valence-corrected chi connectivity index (χ3v) is 4.58. The SMILES string of the molecule is COc1cc(C#N)ccc1OC[C@@H]1CNCC[C@H]1c1ccccc1. The summed E-state index contributed by atoms with van der Waals surface area (Å²) in [6.45, 7) is 2.60. The number of rotatable bonds is 5. The van der Waals surface area contributed by atoms with E-state index >= 15 is 0 Å². The van der Waals surface area contributed by atoms with Gasteiger partial charge in [-0.1, -0.05) is 30.3 Å². The monoisotopic (exact) mass is 322 g/mol. The van der Waals surface area contributed by atoms with Crippen LogP contribution in [0.15, 0.2) is 48.5 Å². The first-order valence-electron chi connectivity index (χ1n) is 8.28. The molecule has 4 heteroatoms. The first-order valence-corrected chi connectivity index (χ1v) is 8.28. The Balaban J connectivity index is 1.72. The number of methoxy groups -OCH3 is 1. The summed E-state index contributed by atoms with van der Waals surface area (Å²) in [5.74, 6) is 2.20. The topological polar surface area (TPSA) is 54.3 Å². The van der Waals surface area contributed by atoms with Crippen LogP contribution in [0, 0.1) is 17.2 Å². The lowest BCUT2D eigenvalue weighted by Gasteiger charge is -2.32. The van der Waals surface area contributed by atoms with Gasteiger partial charge in [0.05, 0.1) is 25.3 Å². The number of hydrogen-bond acceptors (Lipinski definition) is 4. The quantitative estimate of drug-likeness (QED) is 0.917. The highest BCUT2D eigenvalue weighted by Gasteiger charge is 2.27. The van der Waals surface area contributed by atoms with Gasteiger partial charge >= 0.3 is 0 Å². The minimum Gasteiger partial charge on any atom is -0.493 e. The molecule has 0 bridgehead atoms. The van der Waals surface area contributed by atoms with Crippen molar-refractivity contribution in [2.45, 2.75) is 12.3 Å². The minimum absolute atomic E-state index is 0.404. The van der Waals surface area contributed by atoms with Crippen molar-refractivity contribution in [1.82, 2.24) is 5.32 Å². The van der Waals surface area contributed by atoms with E-state index < -0.39 is 0 Å². The van der Waals surface area contributed by atoms with Gasteiger partial charge in [0.25, 0.3) is 0 Å². The fourth-order valence-electron chi connectivity index (χ4n) is 3.29. The molecule has 1 aliphatic rings. The van der Waals surface area contributed by atoms with Gasteiger partial charge in [-0.05, 0) is 36.6 Å².